The highest BCUT2D eigenvalue weighted by Crippen LogP contribution is 2.33. The normalized spacial score (nSPS) is 28.4. The van der Waals surface area contributed by atoms with E-state index in [0.29, 0.717) is 0 Å². The van der Waals surface area contributed by atoms with E-state index in [0.717, 1.165) is 6.61 Å². The van der Waals surface area contributed by atoms with Gasteiger partial charge in [0.1, 0.15) is 0 Å². The first-order valence-electron chi connectivity index (χ1n) is 5.57. The molecule has 1 aromatic carbocycles. The second kappa shape index (κ2) is 4.28. The standard InChI is InChI=1S/C12H18OSi/c1-14-12(9-5-6-10-13-12)11-7-3-2-4-8-11/h2-4,7-8H,5-6,9-10,14H2,1H3. The Morgan fingerprint density at radius 1 is 1.21 bits per heavy atom. The van der Waals surface area contributed by atoms with Crippen molar-refractivity contribution in [2.45, 2.75) is 31.0 Å². The predicted octanol–water partition coefficient (Wildman–Crippen LogP) is 2.26. The molecule has 1 aliphatic rings. The van der Waals surface area contributed by atoms with Gasteiger partial charge in [-0.05, 0) is 24.8 Å². The summed E-state index contributed by atoms with van der Waals surface area (Å²) in [6.07, 6.45) is 3.80. The summed E-state index contributed by atoms with van der Waals surface area (Å²) >= 11 is 0. The number of benzene rings is 1. The van der Waals surface area contributed by atoms with Gasteiger partial charge in [0.25, 0.3) is 0 Å². The Hall–Kier alpha value is -0.603. The molecule has 1 heterocycles. The molecular formula is C12H18OSi. The zero-order valence-electron chi connectivity index (χ0n) is 8.83. The molecule has 2 rings (SSSR count). The lowest BCUT2D eigenvalue weighted by Crippen LogP contribution is -2.38. The molecule has 0 N–H and O–H groups in total. The van der Waals surface area contributed by atoms with Gasteiger partial charge in [0.2, 0.25) is 0 Å². The molecule has 14 heavy (non-hydrogen) atoms. The summed E-state index contributed by atoms with van der Waals surface area (Å²) in [5, 5.41) is 0.152. The number of rotatable bonds is 2. The van der Waals surface area contributed by atoms with Crippen molar-refractivity contribution in [3.8, 4) is 0 Å². The molecule has 0 spiro atoms. The second-order valence-corrected chi connectivity index (χ2v) is 5.87. The monoisotopic (exact) mass is 206 g/mol. The van der Waals surface area contributed by atoms with Crippen LogP contribution in [0.15, 0.2) is 30.3 Å². The molecule has 0 aromatic heterocycles. The molecule has 0 bridgehead atoms. The summed E-state index contributed by atoms with van der Waals surface area (Å²) in [4.78, 5) is 0. The third kappa shape index (κ3) is 1.77. The fourth-order valence-corrected chi connectivity index (χ4v) is 3.90. The van der Waals surface area contributed by atoms with Crippen molar-refractivity contribution in [2.75, 3.05) is 6.61 Å². The molecule has 0 amide bonds. The summed E-state index contributed by atoms with van der Waals surface area (Å²) in [5.74, 6) is 0. The molecule has 2 heteroatoms. The lowest BCUT2D eigenvalue weighted by atomic mass is 10.0. The van der Waals surface area contributed by atoms with Crippen molar-refractivity contribution in [2.24, 2.45) is 0 Å². The van der Waals surface area contributed by atoms with Crippen LogP contribution in [0.25, 0.3) is 0 Å². The predicted molar refractivity (Wildman–Crippen MR) is 62.3 cm³/mol. The third-order valence-corrected chi connectivity index (χ3v) is 5.33. The van der Waals surface area contributed by atoms with E-state index in [1.807, 2.05) is 0 Å². The molecule has 1 unspecified atom stereocenters. The number of ether oxygens (including phenoxy) is 1. The van der Waals surface area contributed by atoms with E-state index in [2.05, 4.69) is 36.9 Å². The first-order valence-corrected chi connectivity index (χ1v) is 7.69. The van der Waals surface area contributed by atoms with Crippen molar-refractivity contribution in [1.82, 2.24) is 0 Å². The van der Waals surface area contributed by atoms with E-state index >= 15 is 0 Å². The van der Waals surface area contributed by atoms with Gasteiger partial charge in [0.15, 0.2) is 0 Å². The second-order valence-electron chi connectivity index (χ2n) is 4.02. The molecule has 0 aliphatic carbocycles. The first-order chi connectivity index (χ1) is 6.87. The van der Waals surface area contributed by atoms with Crippen LogP contribution in [0.2, 0.25) is 6.55 Å². The van der Waals surface area contributed by atoms with E-state index in [1.165, 1.54) is 24.8 Å². The quantitative estimate of drug-likeness (QED) is 0.674. The zero-order valence-corrected chi connectivity index (χ0v) is 10.2. The Morgan fingerprint density at radius 2 is 2.00 bits per heavy atom. The van der Waals surface area contributed by atoms with Crippen LogP contribution in [0.5, 0.6) is 0 Å². The van der Waals surface area contributed by atoms with E-state index in [4.69, 9.17) is 4.74 Å². The van der Waals surface area contributed by atoms with Crippen LogP contribution in [0, 0.1) is 0 Å². The minimum atomic E-state index is -0.159. The Bertz CT molecular complexity index is 278. The fraction of sp³-hybridized carbons (Fsp3) is 0.500. The summed E-state index contributed by atoms with van der Waals surface area (Å²) in [6.45, 7) is 3.31. The minimum absolute atomic E-state index is 0.152. The maximum Gasteiger partial charge on any atom is 0.0755 e. The molecule has 1 atom stereocenters. The molecule has 1 aliphatic heterocycles. The Morgan fingerprint density at radius 3 is 2.57 bits per heavy atom. The van der Waals surface area contributed by atoms with Gasteiger partial charge < -0.3 is 4.74 Å². The molecule has 0 saturated carbocycles. The topological polar surface area (TPSA) is 9.23 Å². The van der Waals surface area contributed by atoms with E-state index < -0.39 is 0 Å². The Balaban J connectivity index is 2.27. The van der Waals surface area contributed by atoms with Gasteiger partial charge in [-0.3, -0.25) is 0 Å². The van der Waals surface area contributed by atoms with E-state index in [9.17, 15) is 0 Å². The average Bonchev–Trinajstić information content (AvgIpc) is 2.31. The fourth-order valence-electron chi connectivity index (χ4n) is 2.30. The molecule has 76 valence electrons. The first kappa shape index (κ1) is 9.93. The lowest BCUT2D eigenvalue weighted by molar-refractivity contribution is -0.0235. The summed E-state index contributed by atoms with van der Waals surface area (Å²) < 4.78 is 6.06. The molecule has 1 aromatic rings. The largest absolute Gasteiger partial charge is 0.375 e. The van der Waals surface area contributed by atoms with Gasteiger partial charge in [-0.2, -0.15) is 0 Å². The summed E-state index contributed by atoms with van der Waals surface area (Å²) in [6, 6.07) is 10.8. The van der Waals surface area contributed by atoms with Gasteiger partial charge in [0.05, 0.1) is 14.7 Å². The van der Waals surface area contributed by atoms with Gasteiger partial charge in [-0.25, -0.2) is 0 Å². The highest BCUT2D eigenvalue weighted by atomic mass is 28.2. The molecule has 1 saturated heterocycles. The number of hydrogen-bond acceptors (Lipinski definition) is 1. The van der Waals surface area contributed by atoms with Crippen molar-refractivity contribution in [3.05, 3.63) is 35.9 Å². The Labute approximate surface area is 88.3 Å². The van der Waals surface area contributed by atoms with Crippen molar-refractivity contribution in [3.63, 3.8) is 0 Å². The maximum absolute atomic E-state index is 6.06. The SMILES string of the molecule is C[SiH2]C1(c2ccccc2)CCCCO1. The highest BCUT2D eigenvalue weighted by molar-refractivity contribution is 6.37. The minimum Gasteiger partial charge on any atom is -0.375 e. The summed E-state index contributed by atoms with van der Waals surface area (Å²) in [7, 11) is -0.159. The van der Waals surface area contributed by atoms with Crippen LogP contribution in [0.3, 0.4) is 0 Å². The smallest absolute Gasteiger partial charge is 0.0755 e. The average molecular weight is 206 g/mol. The van der Waals surface area contributed by atoms with Crippen LogP contribution >= 0.6 is 0 Å². The number of hydrogen-bond donors (Lipinski definition) is 0. The lowest BCUT2D eigenvalue weighted by Gasteiger charge is -2.37. The Kier molecular flexibility index (Phi) is 3.04. The summed E-state index contributed by atoms with van der Waals surface area (Å²) in [5.41, 5.74) is 1.41. The van der Waals surface area contributed by atoms with Gasteiger partial charge in [-0.15, -0.1) is 0 Å². The van der Waals surface area contributed by atoms with Crippen molar-refractivity contribution >= 4 is 9.52 Å². The van der Waals surface area contributed by atoms with Crippen molar-refractivity contribution in [1.29, 1.82) is 0 Å². The molecule has 1 fully saturated rings. The highest BCUT2D eigenvalue weighted by Gasteiger charge is 2.32. The molecule has 1 nitrogen and oxygen atoms in total. The van der Waals surface area contributed by atoms with Crippen LogP contribution in [-0.4, -0.2) is 16.1 Å². The van der Waals surface area contributed by atoms with Crippen LogP contribution in [0.1, 0.15) is 24.8 Å². The maximum atomic E-state index is 6.06. The molecular weight excluding hydrogens is 188 g/mol. The van der Waals surface area contributed by atoms with Crippen LogP contribution < -0.4 is 0 Å². The van der Waals surface area contributed by atoms with Gasteiger partial charge in [-0.1, -0.05) is 36.9 Å². The van der Waals surface area contributed by atoms with Gasteiger partial charge >= 0.3 is 0 Å². The van der Waals surface area contributed by atoms with Crippen molar-refractivity contribution < 1.29 is 4.74 Å². The third-order valence-electron chi connectivity index (χ3n) is 3.22. The van der Waals surface area contributed by atoms with E-state index in [1.54, 1.807) is 0 Å². The van der Waals surface area contributed by atoms with Gasteiger partial charge in [0, 0.05) is 6.61 Å². The van der Waals surface area contributed by atoms with Crippen LogP contribution in [-0.2, 0) is 9.96 Å². The zero-order chi connectivity index (χ0) is 9.86. The van der Waals surface area contributed by atoms with E-state index in [-0.39, 0.29) is 14.7 Å². The van der Waals surface area contributed by atoms with Crippen LogP contribution in [0.4, 0.5) is 0 Å². The molecule has 0 radical (unpaired) electrons.